The molecule has 0 saturated carbocycles. The van der Waals surface area contributed by atoms with Crippen LogP contribution in [0.3, 0.4) is 0 Å². The Morgan fingerprint density at radius 2 is 2.08 bits per heavy atom. The normalized spacial score (nSPS) is 10.5. The van der Waals surface area contributed by atoms with Crippen LogP contribution in [0.4, 0.5) is 0 Å². The van der Waals surface area contributed by atoms with Crippen LogP contribution >= 0.6 is 0 Å². The quantitative estimate of drug-likeness (QED) is 0.666. The lowest BCUT2D eigenvalue weighted by atomic mass is 10.1. The standard InChI is InChI=1S/C10H10N2/c1-12-8-10(7-11)9-5-3-2-4-6-9/h2-6,8,12H,1H3/b10-8+. The number of nitrogens with one attached hydrogen (secondary N) is 1. The van der Waals surface area contributed by atoms with Gasteiger partial charge >= 0.3 is 0 Å². The number of nitriles is 1. The Bertz CT molecular complexity index is 306. The van der Waals surface area contributed by atoms with Gasteiger partial charge in [0.15, 0.2) is 0 Å². The number of rotatable bonds is 2. The molecule has 12 heavy (non-hydrogen) atoms. The summed E-state index contributed by atoms with van der Waals surface area (Å²) in [5, 5.41) is 11.6. The highest BCUT2D eigenvalue weighted by Gasteiger charge is 1.96. The maximum absolute atomic E-state index is 8.75. The van der Waals surface area contributed by atoms with E-state index in [0.29, 0.717) is 5.57 Å². The van der Waals surface area contributed by atoms with E-state index in [1.54, 1.807) is 13.2 Å². The molecule has 0 saturated heterocycles. The molecular weight excluding hydrogens is 148 g/mol. The van der Waals surface area contributed by atoms with Crippen molar-refractivity contribution in [1.29, 1.82) is 5.26 Å². The molecule has 60 valence electrons. The molecule has 2 heteroatoms. The van der Waals surface area contributed by atoms with Gasteiger partial charge in [-0.1, -0.05) is 30.3 Å². The van der Waals surface area contributed by atoms with Crippen molar-refractivity contribution in [3.05, 3.63) is 42.1 Å². The molecule has 0 atom stereocenters. The topological polar surface area (TPSA) is 35.8 Å². The summed E-state index contributed by atoms with van der Waals surface area (Å²) in [5.41, 5.74) is 1.59. The van der Waals surface area contributed by atoms with Crippen molar-refractivity contribution in [2.24, 2.45) is 0 Å². The van der Waals surface area contributed by atoms with Crippen LogP contribution < -0.4 is 5.32 Å². The summed E-state index contributed by atoms with van der Waals surface area (Å²) in [7, 11) is 1.78. The molecule has 0 amide bonds. The summed E-state index contributed by atoms with van der Waals surface area (Å²) in [5.74, 6) is 0. The Labute approximate surface area is 72.1 Å². The maximum Gasteiger partial charge on any atom is 0.101 e. The van der Waals surface area contributed by atoms with Gasteiger partial charge in [0.25, 0.3) is 0 Å². The monoisotopic (exact) mass is 158 g/mol. The highest BCUT2D eigenvalue weighted by atomic mass is 14.8. The molecule has 1 aromatic rings. The minimum atomic E-state index is 0.651. The van der Waals surface area contributed by atoms with Gasteiger partial charge in [-0.05, 0) is 5.56 Å². The molecule has 0 spiro atoms. The van der Waals surface area contributed by atoms with Crippen molar-refractivity contribution in [3.63, 3.8) is 0 Å². The average molecular weight is 158 g/mol. The number of allylic oxidation sites excluding steroid dienone is 1. The summed E-state index contributed by atoms with van der Waals surface area (Å²) >= 11 is 0. The van der Waals surface area contributed by atoms with Gasteiger partial charge in [0, 0.05) is 13.2 Å². The molecule has 0 unspecified atom stereocenters. The second kappa shape index (κ2) is 4.20. The van der Waals surface area contributed by atoms with Crippen LogP contribution in [0.25, 0.3) is 5.57 Å². The maximum atomic E-state index is 8.75. The SMILES string of the molecule is CN/C=C(\C#N)c1ccccc1. The van der Waals surface area contributed by atoms with Crippen molar-refractivity contribution < 1.29 is 0 Å². The van der Waals surface area contributed by atoms with Crippen LogP contribution in [0.5, 0.6) is 0 Å². The second-order valence-corrected chi connectivity index (χ2v) is 2.32. The predicted molar refractivity (Wildman–Crippen MR) is 49.1 cm³/mol. The minimum absolute atomic E-state index is 0.651. The van der Waals surface area contributed by atoms with Gasteiger partial charge < -0.3 is 5.32 Å². The summed E-state index contributed by atoms with van der Waals surface area (Å²) in [6.07, 6.45) is 1.69. The molecule has 0 aliphatic rings. The van der Waals surface area contributed by atoms with Crippen molar-refractivity contribution >= 4 is 5.57 Å². The van der Waals surface area contributed by atoms with E-state index in [2.05, 4.69) is 11.4 Å². The molecule has 1 rings (SSSR count). The Kier molecular flexibility index (Phi) is 2.92. The molecule has 0 bridgehead atoms. The molecule has 1 aromatic carbocycles. The summed E-state index contributed by atoms with van der Waals surface area (Å²) in [6.45, 7) is 0. The molecule has 0 aliphatic heterocycles. The van der Waals surface area contributed by atoms with Crippen LogP contribution in [-0.4, -0.2) is 7.05 Å². The Hall–Kier alpha value is -1.75. The van der Waals surface area contributed by atoms with E-state index in [9.17, 15) is 0 Å². The fourth-order valence-corrected chi connectivity index (χ4v) is 0.942. The van der Waals surface area contributed by atoms with Crippen molar-refractivity contribution in [2.75, 3.05) is 7.05 Å². The van der Waals surface area contributed by atoms with Crippen LogP contribution in [0, 0.1) is 11.3 Å². The molecule has 0 aliphatic carbocycles. The smallest absolute Gasteiger partial charge is 0.101 e. The molecular formula is C10H10N2. The zero-order valence-corrected chi connectivity index (χ0v) is 6.91. The molecule has 0 radical (unpaired) electrons. The molecule has 0 fully saturated rings. The molecule has 0 aromatic heterocycles. The zero-order chi connectivity index (χ0) is 8.81. The highest BCUT2D eigenvalue weighted by molar-refractivity contribution is 5.76. The summed E-state index contributed by atoms with van der Waals surface area (Å²) < 4.78 is 0. The zero-order valence-electron chi connectivity index (χ0n) is 6.91. The first-order valence-corrected chi connectivity index (χ1v) is 3.71. The van der Waals surface area contributed by atoms with Gasteiger partial charge in [-0.2, -0.15) is 5.26 Å². The van der Waals surface area contributed by atoms with Crippen molar-refractivity contribution in [3.8, 4) is 6.07 Å². The van der Waals surface area contributed by atoms with Gasteiger partial charge in [0.1, 0.15) is 6.07 Å². The lowest BCUT2D eigenvalue weighted by molar-refractivity contribution is 1.11. The van der Waals surface area contributed by atoms with Gasteiger partial charge in [-0.3, -0.25) is 0 Å². The van der Waals surface area contributed by atoms with E-state index in [-0.39, 0.29) is 0 Å². The predicted octanol–water partition coefficient (Wildman–Crippen LogP) is 1.77. The lowest BCUT2D eigenvalue weighted by Gasteiger charge is -1.96. The van der Waals surface area contributed by atoms with E-state index in [0.717, 1.165) is 5.56 Å². The summed E-state index contributed by atoms with van der Waals surface area (Å²) in [6, 6.07) is 11.7. The van der Waals surface area contributed by atoms with Crippen molar-refractivity contribution in [1.82, 2.24) is 5.32 Å². The van der Waals surface area contributed by atoms with E-state index in [4.69, 9.17) is 5.26 Å². The fourth-order valence-electron chi connectivity index (χ4n) is 0.942. The van der Waals surface area contributed by atoms with Crippen LogP contribution in [0.2, 0.25) is 0 Å². The van der Waals surface area contributed by atoms with E-state index >= 15 is 0 Å². The number of hydrogen-bond donors (Lipinski definition) is 1. The Morgan fingerprint density at radius 1 is 1.42 bits per heavy atom. The average Bonchev–Trinajstić information content (AvgIpc) is 2.15. The van der Waals surface area contributed by atoms with Crippen LogP contribution in [0.15, 0.2) is 36.5 Å². The molecule has 2 nitrogen and oxygen atoms in total. The van der Waals surface area contributed by atoms with Crippen molar-refractivity contribution in [2.45, 2.75) is 0 Å². The first kappa shape index (κ1) is 8.35. The van der Waals surface area contributed by atoms with E-state index < -0.39 is 0 Å². The first-order valence-electron chi connectivity index (χ1n) is 3.71. The summed E-state index contributed by atoms with van der Waals surface area (Å²) in [4.78, 5) is 0. The largest absolute Gasteiger partial charge is 0.393 e. The Balaban J connectivity index is 2.98. The minimum Gasteiger partial charge on any atom is -0.393 e. The number of nitrogens with zero attached hydrogens (tertiary/aromatic N) is 1. The van der Waals surface area contributed by atoms with Gasteiger partial charge in [0.2, 0.25) is 0 Å². The second-order valence-electron chi connectivity index (χ2n) is 2.32. The molecule has 0 heterocycles. The van der Waals surface area contributed by atoms with Gasteiger partial charge in [-0.25, -0.2) is 0 Å². The number of hydrogen-bond acceptors (Lipinski definition) is 2. The lowest BCUT2D eigenvalue weighted by Crippen LogP contribution is -1.94. The van der Waals surface area contributed by atoms with Gasteiger partial charge in [0.05, 0.1) is 5.57 Å². The third-order valence-electron chi connectivity index (χ3n) is 1.49. The Morgan fingerprint density at radius 3 is 2.58 bits per heavy atom. The molecule has 1 N–H and O–H groups in total. The van der Waals surface area contributed by atoms with Crippen LogP contribution in [0.1, 0.15) is 5.56 Å². The first-order chi connectivity index (χ1) is 5.88. The van der Waals surface area contributed by atoms with E-state index in [1.807, 2.05) is 30.3 Å². The third-order valence-corrected chi connectivity index (χ3v) is 1.49. The van der Waals surface area contributed by atoms with Crippen LogP contribution in [-0.2, 0) is 0 Å². The van der Waals surface area contributed by atoms with E-state index in [1.165, 1.54) is 0 Å². The van der Waals surface area contributed by atoms with Gasteiger partial charge in [-0.15, -0.1) is 0 Å². The fraction of sp³-hybridized carbons (Fsp3) is 0.100. The third kappa shape index (κ3) is 1.86. The highest BCUT2D eigenvalue weighted by Crippen LogP contribution is 2.10. The number of benzene rings is 1.